The number of nitrogens with two attached hydrogens (primary N) is 1. The van der Waals surface area contributed by atoms with Gasteiger partial charge in [0.2, 0.25) is 5.88 Å². The molecule has 1 aromatic carbocycles. The van der Waals surface area contributed by atoms with Gasteiger partial charge in [-0.25, -0.2) is 32.5 Å². The van der Waals surface area contributed by atoms with E-state index in [2.05, 4.69) is 20.3 Å². The summed E-state index contributed by atoms with van der Waals surface area (Å²) in [6.45, 7) is 0.132. The lowest BCUT2D eigenvalue weighted by atomic mass is 9.78. The molecule has 0 spiro atoms. The number of amides is 1. The molecule has 1 amide bonds. The second-order valence-electron chi connectivity index (χ2n) is 8.32. The van der Waals surface area contributed by atoms with Crippen LogP contribution < -0.4 is 15.8 Å². The van der Waals surface area contributed by atoms with Crippen LogP contribution in [0.25, 0.3) is 0 Å². The molecule has 2 aromatic rings. The first-order valence-electron chi connectivity index (χ1n) is 10.2. The molecule has 13 heteroatoms. The monoisotopic (exact) mass is 499 g/mol. The minimum absolute atomic E-state index is 0.000927. The number of aromatic nitrogens is 2. The molecule has 0 saturated heterocycles. The molecule has 2 heterocycles. The van der Waals surface area contributed by atoms with Crippen LogP contribution in [0.2, 0.25) is 0 Å². The highest BCUT2D eigenvalue weighted by atomic mass is 32.2. The molecule has 182 valence electrons. The summed E-state index contributed by atoms with van der Waals surface area (Å²) in [5.74, 6) is -5.29. The Morgan fingerprint density at radius 2 is 2.06 bits per heavy atom. The van der Waals surface area contributed by atoms with Crippen LogP contribution in [0.1, 0.15) is 29.4 Å². The highest BCUT2D eigenvalue weighted by Crippen LogP contribution is 2.48. The van der Waals surface area contributed by atoms with Crippen molar-refractivity contribution in [1.29, 1.82) is 0 Å². The molecule has 1 fully saturated rings. The Morgan fingerprint density at radius 3 is 2.68 bits per heavy atom. The molecular weight excluding hydrogens is 478 g/mol. The van der Waals surface area contributed by atoms with Crippen molar-refractivity contribution in [2.45, 2.75) is 30.5 Å². The molecule has 3 atom stereocenters. The van der Waals surface area contributed by atoms with E-state index in [1.807, 2.05) is 0 Å². The highest BCUT2D eigenvalue weighted by molar-refractivity contribution is 8.13. The minimum Gasteiger partial charge on any atom is -0.476 e. The van der Waals surface area contributed by atoms with Gasteiger partial charge >= 0.3 is 0 Å². The van der Waals surface area contributed by atoms with Gasteiger partial charge in [0.25, 0.3) is 11.8 Å². The lowest BCUT2D eigenvalue weighted by molar-refractivity contribution is 0.0434. The number of halogens is 4. The fourth-order valence-corrected chi connectivity index (χ4v) is 4.43. The number of hydrogen-bond donors (Lipinski definition) is 3. The van der Waals surface area contributed by atoms with Crippen LogP contribution >= 0.6 is 11.8 Å². The fourth-order valence-electron chi connectivity index (χ4n) is 3.55. The van der Waals surface area contributed by atoms with Gasteiger partial charge in [-0.2, -0.15) is 0 Å². The smallest absolute Gasteiger partial charge is 0.275 e. The van der Waals surface area contributed by atoms with Crippen molar-refractivity contribution in [2.75, 3.05) is 24.3 Å². The largest absolute Gasteiger partial charge is 0.476 e. The fraction of sp³-hybridized carbons (Fsp3) is 0.429. The number of aliphatic hydroxyl groups excluding tert-OH is 1. The quantitative estimate of drug-likeness (QED) is 0.501. The summed E-state index contributed by atoms with van der Waals surface area (Å²) in [4.78, 5) is 24.4. The number of ether oxygens (including phenoxy) is 1. The zero-order valence-electron chi connectivity index (χ0n) is 17.9. The number of aliphatic imine (C=N–C) groups is 1. The van der Waals surface area contributed by atoms with Crippen molar-refractivity contribution in [3.63, 3.8) is 0 Å². The van der Waals surface area contributed by atoms with Gasteiger partial charge in [-0.3, -0.25) is 4.79 Å². The van der Waals surface area contributed by atoms with Crippen molar-refractivity contribution in [1.82, 2.24) is 9.97 Å². The molecule has 1 unspecified atom stereocenters. The number of rotatable bonds is 7. The van der Waals surface area contributed by atoms with Crippen molar-refractivity contribution >= 4 is 28.5 Å². The maximum absolute atomic E-state index is 15.4. The van der Waals surface area contributed by atoms with Crippen molar-refractivity contribution in [3.8, 4) is 5.88 Å². The van der Waals surface area contributed by atoms with Gasteiger partial charge in [-0.15, -0.1) is 0 Å². The molecular formula is C21H21F4N5O3S. The van der Waals surface area contributed by atoms with Gasteiger partial charge in [0, 0.05) is 23.4 Å². The van der Waals surface area contributed by atoms with Crippen LogP contribution in [0, 0.1) is 11.7 Å². The zero-order chi connectivity index (χ0) is 24.7. The molecule has 1 aliphatic heterocycles. The van der Waals surface area contributed by atoms with Crippen LogP contribution in [-0.2, 0) is 5.54 Å². The summed E-state index contributed by atoms with van der Waals surface area (Å²) >= 11 is 0.952. The van der Waals surface area contributed by atoms with E-state index in [9.17, 15) is 23.1 Å². The van der Waals surface area contributed by atoms with Crippen molar-refractivity contribution < 1.29 is 32.2 Å². The Hall–Kier alpha value is -2.93. The van der Waals surface area contributed by atoms with Gasteiger partial charge in [-0.1, -0.05) is 11.8 Å². The first-order valence-corrected chi connectivity index (χ1v) is 11.2. The van der Waals surface area contributed by atoms with Gasteiger partial charge in [0.05, 0.1) is 31.5 Å². The summed E-state index contributed by atoms with van der Waals surface area (Å²) < 4.78 is 61.2. The molecule has 2 aliphatic rings. The van der Waals surface area contributed by atoms with E-state index in [4.69, 9.17) is 10.5 Å². The molecule has 1 aliphatic carbocycles. The molecule has 0 bridgehead atoms. The number of nitrogens with one attached hydrogen (secondary N) is 1. The van der Waals surface area contributed by atoms with Crippen LogP contribution in [-0.4, -0.2) is 56.7 Å². The first kappa shape index (κ1) is 24.2. The Bertz CT molecular complexity index is 1130. The maximum Gasteiger partial charge on any atom is 0.275 e. The van der Waals surface area contributed by atoms with Crippen LogP contribution in [0.5, 0.6) is 5.88 Å². The van der Waals surface area contributed by atoms with Gasteiger partial charge in [0.15, 0.2) is 5.17 Å². The number of nitrogens with zero attached hydrogens (tertiary/aromatic N) is 3. The summed E-state index contributed by atoms with van der Waals surface area (Å²) in [5.41, 5.74) is 1.30. The number of hydrogen-bond acceptors (Lipinski definition) is 8. The topological polar surface area (TPSA) is 123 Å². The Labute approximate surface area is 196 Å². The highest BCUT2D eigenvalue weighted by Gasteiger charge is 2.57. The number of amidine groups is 1. The minimum atomic E-state index is -2.72. The number of carbonyl (C=O) groups is 1. The van der Waals surface area contributed by atoms with E-state index in [0.717, 1.165) is 30.2 Å². The first-order chi connectivity index (χ1) is 16.0. The number of alkyl halides is 3. The number of thioether (sulfide) groups is 1. The zero-order valence-corrected chi connectivity index (χ0v) is 18.7. The number of aliphatic hydroxyl groups is 1. The number of benzene rings is 1. The van der Waals surface area contributed by atoms with E-state index >= 15 is 4.39 Å². The van der Waals surface area contributed by atoms with Crippen LogP contribution in [0.15, 0.2) is 35.6 Å². The Balaban J connectivity index is 1.51. The van der Waals surface area contributed by atoms with E-state index in [1.54, 1.807) is 0 Å². The van der Waals surface area contributed by atoms with Gasteiger partial charge in [0.1, 0.15) is 22.7 Å². The number of anilines is 1. The average molecular weight is 499 g/mol. The second-order valence-corrected chi connectivity index (χ2v) is 9.31. The lowest BCUT2D eigenvalue weighted by Gasteiger charge is -2.42. The molecule has 34 heavy (non-hydrogen) atoms. The molecule has 1 aromatic heterocycles. The predicted molar refractivity (Wildman–Crippen MR) is 117 cm³/mol. The second kappa shape index (κ2) is 8.69. The average Bonchev–Trinajstić information content (AvgIpc) is 3.42. The van der Waals surface area contributed by atoms with Crippen molar-refractivity contribution in [2.24, 2.45) is 16.6 Å². The lowest BCUT2D eigenvalue weighted by Crippen LogP contribution is -2.53. The molecule has 4 N–H and O–H groups in total. The third-order valence-corrected chi connectivity index (χ3v) is 6.88. The third-order valence-electron chi connectivity index (χ3n) is 5.80. The van der Waals surface area contributed by atoms with Crippen LogP contribution in [0.4, 0.5) is 23.2 Å². The van der Waals surface area contributed by atoms with Gasteiger partial charge < -0.3 is 20.9 Å². The molecule has 0 radical (unpaired) electrons. The third kappa shape index (κ3) is 4.53. The summed E-state index contributed by atoms with van der Waals surface area (Å²) in [5, 5.41) is 12.5. The molecule has 1 saturated carbocycles. The number of carbonyl (C=O) groups excluding carboxylic acids is 1. The van der Waals surface area contributed by atoms with Crippen molar-refractivity contribution in [3.05, 3.63) is 47.7 Å². The van der Waals surface area contributed by atoms with E-state index in [-0.39, 0.29) is 46.8 Å². The summed E-state index contributed by atoms with van der Waals surface area (Å²) in [6, 6.07) is 3.44. The van der Waals surface area contributed by atoms with E-state index < -0.39 is 41.4 Å². The maximum atomic E-state index is 15.4. The standard InChI is InChI=1S/C21H21F4N5O3S/c1-19(23)10-34-18(26)30-20(19,9-31)13-4-12(2-3-14(13)22)29-17(32)15-6-28-16(7-27-15)33-8-11-5-21(11,24)25/h2-4,6-7,11,31H,5,8-10H2,1H3,(H2,26,30)(H,29,32)/t11?,19-,20-/m1/s1. The summed E-state index contributed by atoms with van der Waals surface area (Å²) in [7, 11) is 0. The predicted octanol–water partition coefficient (Wildman–Crippen LogP) is 2.88. The Kier molecular flexibility index (Phi) is 6.19. The van der Waals surface area contributed by atoms with Crippen LogP contribution in [0.3, 0.4) is 0 Å². The van der Waals surface area contributed by atoms with E-state index in [1.165, 1.54) is 19.1 Å². The normalized spacial score (nSPS) is 27.6. The molecule has 4 rings (SSSR count). The Morgan fingerprint density at radius 1 is 1.32 bits per heavy atom. The van der Waals surface area contributed by atoms with E-state index in [0.29, 0.717) is 0 Å². The molecule has 8 nitrogen and oxygen atoms in total. The summed E-state index contributed by atoms with van der Waals surface area (Å²) in [6.07, 6.45) is 1.98. The van der Waals surface area contributed by atoms with Gasteiger partial charge in [-0.05, 0) is 25.1 Å². The SMILES string of the molecule is C[C@@]1(F)CSC(N)=N[C@]1(CO)c1cc(NC(=O)c2cnc(OCC3CC3(F)F)cn2)ccc1F.